The lowest BCUT2D eigenvalue weighted by Gasteiger charge is -2.28. The molecule has 3 aromatic carbocycles. The Kier molecular flexibility index (Phi) is 5.52. The van der Waals surface area contributed by atoms with Gasteiger partial charge in [-0.25, -0.2) is 9.67 Å². The molecule has 0 bridgehead atoms. The van der Waals surface area contributed by atoms with Crippen LogP contribution in [-0.2, 0) is 13.0 Å². The van der Waals surface area contributed by atoms with Gasteiger partial charge in [0.15, 0.2) is 17.3 Å². The number of rotatable bonds is 5. The molecular formula is C26H24N4O3. The van der Waals surface area contributed by atoms with Gasteiger partial charge in [-0.3, -0.25) is 4.79 Å². The first-order chi connectivity index (χ1) is 16.2. The van der Waals surface area contributed by atoms with Crippen LogP contribution in [0.25, 0.3) is 17.1 Å². The average molecular weight is 441 g/mol. The average Bonchev–Trinajstić information content (AvgIpc) is 3.33. The number of nitrogens with zero attached hydrogens (tertiary/aromatic N) is 4. The highest BCUT2D eigenvalue weighted by atomic mass is 16.5. The van der Waals surface area contributed by atoms with Crippen molar-refractivity contribution >= 4 is 5.91 Å². The zero-order valence-corrected chi connectivity index (χ0v) is 18.6. The topological polar surface area (TPSA) is 69.5 Å². The second-order valence-electron chi connectivity index (χ2n) is 7.83. The molecule has 166 valence electrons. The van der Waals surface area contributed by atoms with Crippen molar-refractivity contribution in [1.82, 2.24) is 19.7 Å². The van der Waals surface area contributed by atoms with Crippen LogP contribution < -0.4 is 9.47 Å². The number of carbonyl (C=O) groups excluding carboxylic acids is 1. The molecule has 7 heteroatoms. The maximum Gasteiger partial charge on any atom is 0.293 e. The minimum Gasteiger partial charge on any atom is -0.493 e. The van der Waals surface area contributed by atoms with Crippen LogP contribution in [0.2, 0.25) is 0 Å². The van der Waals surface area contributed by atoms with Gasteiger partial charge in [-0.1, -0.05) is 48.5 Å². The lowest BCUT2D eigenvalue weighted by Crippen LogP contribution is -2.36. The number of hydrogen-bond acceptors (Lipinski definition) is 5. The van der Waals surface area contributed by atoms with Crippen LogP contribution in [0.15, 0.2) is 72.8 Å². The Morgan fingerprint density at radius 1 is 0.879 bits per heavy atom. The normalized spacial score (nSPS) is 12.8. The molecule has 33 heavy (non-hydrogen) atoms. The molecule has 0 saturated heterocycles. The van der Waals surface area contributed by atoms with Crippen molar-refractivity contribution in [2.45, 2.75) is 13.0 Å². The van der Waals surface area contributed by atoms with E-state index in [1.807, 2.05) is 72.8 Å². The summed E-state index contributed by atoms with van der Waals surface area (Å²) in [6.07, 6.45) is 0.729. The monoisotopic (exact) mass is 440 g/mol. The molecule has 0 aliphatic carbocycles. The van der Waals surface area contributed by atoms with Gasteiger partial charge in [-0.05, 0) is 41.8 Å². The Labute approximate surface area is 192 Å². The molecule has 0 atom stereocenters. The van der Waals surface area contributed by atoms with E-state index in [1.54, 1.807) is 23.8 Å². The first kappa shape index (κ1) is 20.8. The Morgan fingerprint density at radius 3 is 2.18 bits per heavy atom. The van der Waals surface area contributed by atoms with E-state index in [-0.39, 0.29) is 11.7 Å². The van der Waals surface area contributed by atoms with E-state index < -0.39 is 0 Å². The van der Waals surface area contributed by atoms with E-state index in [1.165, 1.54) is 0 Å². The lowest BCUT2D eigenvalue weighted by molar-refractivity contribution is 0.0722. The summed E-state index contributed by atoms with van der Waals surface area (Å²) in [5, 5.41) is 4.62. The van der Waals surface area contributed by atoms with Gasteiger partial charge < -0.3 is 14.4 Å². The number of aromatic nitrogens is 3. The Bertz CT molecular complexity index is 1230. The van der Waals surface area contributed by atoms with Crippen molar-refractivity contribution in [3.8, 4) is 28.6 Å². The first-order valence-corrected chi connectivity index (χ1v) is 10.8. The molecular weight excluding hydrogens is 416 g/mol. The van der Waals surface area contributed by atoms with E-state index in [2.05, 4.69) is 10.1 Å². The molecule has 0 unspecified atom stereocenters. The highest BCUT2D eigenvalue weighted by Gasteiger charge is 2.27. The van der Waals surface area contributed by atoms with E-state index in [9.17, 15) is 4.79 Å². The smallest absolute Gasteiger partial charge is 0.293 e. The highest BCUT2D eigenvalue weighted by molar-refractivity contribution is 5.91. The van der Waals surface area contributed by atoms with E-state index in [0.717, 1.165) is 28.8 Å². The number of para-hydroxylation sites is 1. The summed E-state index contributed by atoms with van der Waals surface area (Å²) in [5.41, 5.74) is 3.94. The van der Waals surface area contributed by atoms with E-state index >= 15 is 0 Å². The Morgan fingerprint density at radius 2 is 1.52 bits per heavy atom. The van der Waals surface area contributed by atoms with Crippen LogP contribution in [0.5, 0.6) is 11.5 Å². The fraction of sp³-hybridized carbons (Fsp3) is 0.192. The molecule has 7 nitrogen and oxygen atoms in total. The zero-order valence-electron chi connectivity index (χ0n) is 18.6. The van der Waals surface area contributed by atoms with Gasteiger partial charge >= 0.3 is 0 Å². The molecule has 1 aliphatic heterocycles. The van der Waals surface area contributed by atoms with Gasteiger partial charge in [0.25, 0.3) is 5.91 Å². The number of hydrogen-bond donors (Lipinski definition) is 0. The van der Waals surface area contributed by atoms with Crippen LogP contribution in [0.4, 0.5) is 0 Å². The van der Waals surface area contributed by atoms with Crippen molar-refractivity contribution in [3.05, 3.63) is 89.7 Å². The molecule has 5 rings (SSSR count). The number of amides is 1. The lowest BCUT2D eigenvalue weighted by atomic mass is 9.98. The first-order valence-electron chi connectivity index (χ1n) is 10.8. The molecule has 0 fully saturated rings. The van der Waals surface area contributed by atoms with Gasteiger partial charge in [-0.15, -0.1) is 5.10 Å². The van der Waals surface area contributed by atoms with Crippen molar-refractivity contribution in [3.63, 3.8) is 0 Å². The molecule has 1 aliphatic rings. The summed E-state index contributed by atoms with van der Waals surface area (Å²) in [7, 11) is 3.24. The van der Waals surface area contributed by atoms with Gasteiger partial charge in [0, 0.05) is 18.7 Å². The Hall–Kier alpha value is -4.13. The van der Waals surface area contributed by atoms with Crippen LogP contribution in [0, 0.1) is 0 Å². The number of carbonyl (C=O) groups is 1. The zero-order chi connectivity index (χ0) is 22.8. The van der Waals surface area contributed by atoms with Crippen LogP contribution >= 0.6 is 0 Å². The summed E-state index contributed by atoms with van der Waals surface area (Å²) in [6, 6.07) is 23.4. The summed E-state index contributed by atoms with van der Waals surface area (Å²) in [6.45, 7) is 1.05. The largest absolute Gasteiger partial charge is 0.493 e. The van der Waals surface area contributed by atoms with Gasteiger partial charge in [-0.2, -0.15) is 0 Å². The fourth-order valence-electron chi connectivity index (χ4n) is 4.12. The maximum absolute atomic E-state index is 13.4. The van der Waals surface area contributed by atoms with E-state index in [4.69, 9.17) is 9.47 Å². The van der Waals surface area contributed by atoms with Crippen molar-refractivity contribution < 1.29 is 14.3 Å². The predicted molar refractivity (Wildman–Crippen MR) is 125 cm³/mol. The second kappa shape index (κ2) is 8.78. The molecule has 0 N–H and O–H groups in total. The third-order valence-corrected chi connectivity index (χ3v) is 5.84. The fourth-order valence-corrected chi connectivity index (χ4v) is 4.12. The number of fused-ring (bicyclic) bond motifs is 1. The summed E-state index contributed by atoms with van der Waals surface area (Å²) >= 11 is 0. The van der Waals surface area contributed by atoms with E-state index in [0.29, 0.717) is 30.4 Å². The molecule has 1 amide bonds. The molecule has 2 heterocycles. The predicted octanol–water partition coefficient (Wildman–Crippen LogP) is 4.15. The highest BCUT2D eigenvalue weighted by Crippen LogP contribution is 2.33. The number of methoxy groups -OCH3 is 2. The molecule has 0 spiro atoms. The summed E-state index contributed by atoms with van der Waals surface area (Å²) in [5.74, 6) is 1.98. The summed E-state index contributed by atoms with van der Waals surface area (Å²) < 4.78 is 12.6. The van der Waals surface area contributed by atoms with Crippen molar-refractivity contribution in [1.29, 1.82) is 0 Å². The minimum atomic E-state index is -0.192. The van der Waals surface area contributed by atoms with Gasteiger partial charge in [0.1, 0.15) is 0 Å². The molecule has 0 saturated carbocycles. The third kappa shape index (κ3) is 3.93. The maximum atomic E-state index is 13.4. The quantitative estimate of drug-likeness (QED) is 0.466. The summed E-state index contributed by atoms with van der Waals surface area (Å²) in [4.78, 5) is 19.9. The molecule has 0 radical (unpaired) electrons. The molecule has 4 aromatic rings. The van der Waals surface area contributed by atoms with Crippen molar-refractivity contribution in [2.75, 3.05) is 20.8 Å². The Balaban J connectivity index is 1.49. The molecule has 1 aromatic heterocycles. The standard InChI is InChI=1S/C26H24N4O3/c1-32-22-15-19-13-14-29(17-20(19)16-23(22)33-2)26(31)24-27-25(18-9-5-3-6-10-18)30(28-24)21-11-7-4-8-12-21/h3-12,15-16H,13-14,17H2,1-2H3. The number of benzene rings is 3. The second-order valence-corrected chi connectivity index (χ2v) is 7.83. The van der Waals surface area contributed by atoms with Gasteiger partial charge in [0.2, 0.25) is 5.82 Å². The van der Waals surface area contributed by atoms with Gasteiger partial charge in [0.05, 0.1) is 19.9 Å². The van der Waals surface area contributed by atoms with Crippen LogP contribution in [0.1, 0.15) is 21.7 Å². The third-order valence-electron chi connectivity index (χ3n) is 5.84. The minimum absolute atomic E-state index is 0.182. The SMILES string of the molecule is COc1cc2c(cc1OC)CN(C(=O)c1nc(-c3ccccc3)n(-c3ccccc3)n1)CC2. The van der Waals surface area contributed by atoms with Crippen molar-refractivity contribution in [2.24, 2.45) is 0 Å². The van der Waals surface area contributed by atoms with Crippen LogP contribution in [-0.4, -0.2) is 46.3 Å². The number of ether oxygens (including phenoxy) is 2. The van der Waals surface area contributed by atoms with Crippen LogP contribution in [0.3, 0.4) is 0 Å².